The molecule has 0 bridgehead atoms. The maximum Gasteiger partial charge on any atom is 0.233 e. The first-order chi connectivity index (χ1) is 7.51. The number of aryl methyl sites for hydroxylation is 2. The molecule has 1 aromatic carbocycles. The van der Waals surface area contributed by atoms with E-state index in [-0.39, 0.29) is 4.34 Å². The molecule has 2 aromatic rings. The normalized spacial score (nSPS) is 11.6. The molecule has 0 saturated carbocycles. The maximum atomic E-state index is 12.2. The van der Waals surface area contributed by atoms with Crippen LogP contribution in [0.5, 0.6) is 0 Å². The largest absolute Gasteiger partial charge is 0.233 e. The van der Waals surface area contributed by atoms with Crippen LogP contribution in [0, 0.1) is 20.0 Å². The number of hydrogen-bond acceptors (Lipinski definition) is 4. The van der Waals surface area contributed by atoms with Crippen molar-refractivity contribution in [2.45, 2.75) is 23.1 Å². The topological polar surface area (TPSA) is 47.0 Å². The van der Waals surface area contributed by atoms with Crippen LogP contribution in [0.1, 0.15) is 11.1 Å². The van der Waals surface area contributed by atoms with Crippen LogP contribution in [0.2, 0.25) is 0 Å². The third kappa shape index (κ3) is 1.88. The van der Waals surface area contributed by atoms with Crippen molar-refractivity contribution in [2.75, 3.05) is 0 Å². The van der Waals surface area contributed by atoms with Crippen molar-refractivity contribution in [3.8, 4) is 0 Å². The molecule has 0 saturated heterocycles. The van der Waals surface area contributed by atoms with E-state index < -0.39 is 9.84 Å². The minimum Gasteiger partial charge on any atom is -0.223 e. The van der Waals surface area contributed by atoms with Gasteiger partial charge in [-0.2, -0.15) is 0 Å². The number of aromatic nitrogens is 1. The van der Waals surface area contributed by atoms with Gasteiger partial charge >= 0.3 is 0 Å². The Kier molecular flexibility index (Phi) is 2.82. The number of rotatable bonds is 2. The quantitative estimate of drug-likeness (QED) is 0.824. The van der Waals surface area contributed by atoms with E-state index in [2.05, 4.69) is 11.2 Å². The van der Waals surface area contributed by atoms with Gasteiger partial charge in [-0.1, -0.05) is 17.7 Å². The second kappa shape index (κ2) is 3.99. The van der Waals surface area contributed by atoms with Crippen molar-refractivity contribution < 1.29 is 8.42 Å². The summed E-state index contributed by atoms with van der Waals surface area (Å²) < 4.78 is 24.4. The van der Waals surface area contributed by atoms with Gasteiger partial charge in [-0.15, -0.1) is 11.3 Å². The second-order valence-electron chi connectivity index (χ2n) is 3.51. The summed E-state index contributed by atoms with van der Waals surface area (Å²) in [6.45, 7) is 3.72. The van der Waals surface area contributed by atoms with E-state index in [0.29, 0.717) is 4.90 Å². The summed E-state index contributed by atoms with van der Waals surface area (Å²) in [6.07, 6.45) is 2.53. The van der Waals surface area contributed by atoms with Gasteiger partial charge in [0.25, 0.3) is 0 Å². The minimum absolute atomic E-state index is 0.0967. The lowest BCUT2D eigenvalue weighted by molar-refractivity contribution is 0.594. The van der Waals surface area contributed by atoms with Crippen LogP contribution in [0.4, 0.5) is 0 Å². The summed E-state index contributed by atoms with van der Waals surface area (Å²) in [7, 11) is -3.47. The molecule has 0 amide bonds. The highest BCUT2D eigenvalue weighted by Gasteiger charge is 2.22. The Morgan fingerprint density at radius 1 is 1.31 bits per heavy atom. The second-order valence-corrected chi connectivity index (χ2v) is 6.46. The fraction of sp³-hybridized carbons (Fsp3) is 0.182. The van der Waals surface area contributed by atoms with Crippen molar-refractivity contribution in [1.82, 2.24) is 4.98 Å². The maximum absolute atomic E-state index is 12.2. The van der Waals surface area contributed by atoms with E-state index in [1.165, 1.54) is 5.38 Å². The van der Waals surface area contributed by atoms with E-state index in [1.54, 1.807) is 19.1 Å². The van der Waals surface area contributed by atoms with E-state index in [0.717, 1.165) is 22.5 Å². The fourth-order valence-corrected chi connectivity index (χ4v) is 3.82. The first-order valence-corrected chi connectivity index (χ1v) is 7.02. The molecule has 0 aliphatic rings. The minimum atomic E-state index is -3.47. The molecule has 2 rings (SSSR count). The van der Waals surface area contributed by atoms with E-state index >= 15 is 0 Å². The Balaban J connectivity index is 2.61. The Hall–Kier alpha value is -1.20. The van der Waals surface area contributed by atoms with Crippen molar-refractivity contribution >= 4 is 21.2 Å². The molecule has 16 heavy (non-hydrogen) atoms. The number of benzene rings is 1. The Bertz CT molecular complexity index is 601. The molecule has 0 aliphatic heterocycles. The van der Waals surface area contributed by atoms with Crippen molar-refractivity contribution in [2.24, 2.45) is 0 Å². The molecular formula is C11H10NO2S2. The summed E-state index contributed by atoms with van der Waals surface area (Å²) in [5, 5.41) is 1.54. The smallest absolute Gasteiger partial charge is 0.223 e. The zero-order chi connectivity index (χ0) is 11.8. The van der Waals surface area contributed by atoms with Crippen LogP contribution < -0.4 is 0 Å². The summed E-state index contributed by atoms with van der Waals surface area (Å²) in [5.41, 5.74) is 1.79. The first kappa shape index (κ1) is 11.3. The van der Waals surface area contributed by atoms with Gasteiger partial charge in [0.05, 0.1) is 4.90 Å². The van der Waals surface area contributed by atoms with Crippen molar-refractivity contribution in [1.29, 1.82) is 0 Å². The first-order valence-electron chi connectivity index (χ1n) is 4.66. The van der Waals surface area contributed by atoms with Gasteiger partial charge in [-0.05, 0) is 25.5 Å². The number of thiazole rings is 1. The van der Waals surface area contributed by atoms with Crippen LogP contribution in [0.15, 0.2) is 32.8 Å². The SMILES string of the molecule is Cc1ccc(S(=O)(=O)c2n[c]cs2)c(C)c1. The molecular weight excluding hydrogens is 242 g/mol. The molecule has 1 heterocycles. The highest BCUT2D eigenvalue weighted by Crippen LogP contribution is 2.25. The third-order valence-corrected chi connectivity index (χ3v) is 5.27. The summed E-state index contributed by atoms with van der Waals surface area (Å²) in [4.78, 5) is 4.05. The molecule has 83 valence electrons. The Morgan fingerprint density at radius 2 is 2.06 bits per heavy atom. The zero-order valence-corrected chi connectivity index (χ0v) is 10.5. The van der Waals surface area contributed by atoms with Gasteiger partial charge in [-0.3, -0.25) is 0 Å². The Labute approximate surface area is 98.7 Å². The van der Waals surface area contributed by atoms with E-state index in [9.17, 15) is 8.42 Å². The molecule has 5 heteroatoms. The molecule has 1 radical (unpaired) electrons. The van der Waals surface area contributed by atoms with Crippen molar-refractivity contribution in [3.05, 3.63) is 40.9 Å². The summed E-state index contributed by atoms with van der Waals surface area (Å²) >= 11 is 1.08. The van der Waals surface area contributed by atoms with Gasteiger partial charge in [0, 0.05) is 5.38 Å². The summed E-state index contributed by atoms with van der Waals surface area (Å²) in [6, 6.07) is 5.27. The average molecular weight is 252 g/mol. The fourth-order valence-electron chi connectivity index (χ4n) is 1.50. The lowest BCUT2D eigenvalue weighted by atomic mass is 10.2. The van der Waals surface area contributed by atoms with Crippen LogP contribution >= 0.6 is 11.3 Å². The third-order valence-electron chi connectivity index (χ3n) is 2.22. The molecule has 0 N–H and O–H groups in total. The predicted molar refractivity (Wildman–Crippen MR) is 62.3 cm³/mol. The molecule has 0 atom stereocenters. The standard InChI is InChI=1S/C11H10NO2S2/c1-8-3-4-10(9(2)7-8)16(13,14)11-12-5-6-15-11/h3-4,6-7H,1-2H3. The highest BCUT2D eigenvalue weighted by atomic mass is 32.2. The van der Waals surface area contributed by atoms with Gasteiger partial charge in [0.1, 0.15) is 6.20 Å². The van der Waals surface area contributed by atoms with E-state index in [4.69, 9.17) is 0 Å². The molecule has 0 spiro atoms. The molecule has 0 aliphatic carbocycles. The van der Waals surface area contributed by atoms with Crippen LogP contribution in [0.25, 0.3) is 0 Å². The lowest BCUT2D eigenvalue weighted by Gasteiger charge is -2.05. The van der Waals surface area contributed by atoms with Gasteiger partial charge in [-0.25, -0.2) is 13.4 Å². The molecule has 0 fully saturated rings. The average Bonchev–Trinajstić information content (AvgIpc) is 2.69. The van der Waals surface area contributed by atoms with Gasteiger partial charge < -0.3 is 0 Å². The molecule has 3 nitrogen and oxygen atoms in total. The summed E-state index contributed by atoms with van der Waals surface area (Å²) in [5.74, 6) is 0. The monoisotopic (exact) mass is 252 g/mol. The number of sulfone groups is 1. The Morgan fingerprint density at radius 3 is 2.62 bits per heavy atom. The van der Waals surface area contributed by atoms with Gasteiger partial charge in [0.15, 0.2) is 0 Å². The molecule has 0 unspecified atom stereocenters. The molecule has 1 aromatic heterocycles. The highest BCUT2D eigenvalue weighted by molar-refractivity contribution is 7.93. The number of nitrogens with zero attached hydrogens (tertiary/aromatic N) is 1. The van der Waals surface area contributed by atoms with Crippen LogP contribution in [-0.4, -0.2) is 13.4 Å². The van der Waals surface area contributed by atoms with Crippen molar-refractivity contribution in [3.63, 3.8) is 0 Å². The van der Waals surface area contributed by atoms with E-state index in [1.807, 2.05) is 13.0 Å². The zero-order valence-electron chi connectivity index (χ0n) is 8.89. The lowest BCUT2D eigenvalue weighted by Crippen LogP contribution is -2.03. The van der Waals surface area contributed by atoms with Gasteiger partial charge in [0.2, 0.25) is 14.2 Å². The predicted octanol–water partition coefficient (Wildman–Crippen LogP) is 2.39. The van der Waals surface area contributed by atoms with Crippen LogP contribution in [-0.2, 0) is 9.84 Å². The number of hydrogen-bond donors (Lipinski definition) is 0. The van der Waals surface area contributed by atoms with Crippen LogP contribution in [0.3, 0.4) is 0 Å².